The van der Waals surface area contributed by atoms with Gasteiger partial charge >= 0.3 is 5.97 Å². The van der Waals surface area contributed by atoms with Gasteiger partial charge < -0.3 is 10.4 Å². The van der Waals surface area contributed by atoms with Gasteiger partial charge in [-0.2, -0.15) is 10.2 Å². The lowest BCUT2D eigenvalue weighted by atomic mass is 10.2. The largest absolute Gasteiger partial charge is 0.480 e. The lowest BCUT2D eigenvalue weighted by Crippen LogP contribution is -2.21. The van der Waals surface area contributed by atoms with Gasteiger partial charge in [-0.15, -0.1) is 0 Å². The van der Waals surface area contributed by atoms with E-state index in [4.69, 9.17) is 5.11 Å². The molecule has 134 valence electrons. The van der Waals surface area contributed by atoms with E-state index in [1.165, 1.54) is 18.3 Å². The van der Waals surface area contributed by atoms with Crippen molar-refractivity contribution in [3.05, 3.63) is 65.4 Å². The first kappa shape index (κ1) is 17.3. The van der Waals surface area contributed by atoms with Gasteiger partial charge in [0.2, 0.25) is 0 Å². The number of carboxylic acids is 1. The van der Waals surface area contributed by atoms with Crippen molar-refractivity contribution in [1.29, 1.82) is 0 Å². The lowest BCUT2D eigenvalue weighted by molar-refractivity contribution is -0.137. The van der Waals surface area contributed by atoms with Gasteiger partial charge in [-0.05, 0) is 19.1 Å². The first-order valence-corrected chi connectivity index (χ1v) is 7.77. The van der Waals surface area contributed by atoms with Gasteiger partial charge in [-0.25, -0.2) is 9.07 Å². The van der Waals surface area contributed by atoms with Crippen LogP contribution < -0.4 is 5.32 Å². The fourth-order valence-electron chi connectivity index (χ4n) is 2.48. The van der Waals surface area contributed by atoms with Gasteiger partial charge in [-0.1, -0.05) is 18.2 Å². The van der Waals surface area contributed by atoms with Crippen LogP contribution in [0.1, 0.15) is 21.7 Å². The van der Waals surface area contributed by atoms with Crippen LogP contribution in [-0.2, 0) is 17.9 Å². The number of aliphatic carboxylic acids is 1. The molecule has 0 aliphatic rings. The molecule has 0 unspecified atom stereocenters. The van der Waals surface area contributed by atoms with Gasteiger partial charge in [0.05, 0.1) is 6.54 Å². The minimum atomic E-state index is -1.10. The molecule has 0 spiro atoms. The summed E-state index contributed by atoms with van der Waals surface area (Å²) in [4.78, 5) is 23.1. The third-order valence-electron chi connectivity index (χ3n) is 3.73. The van der Waals surface area contributed by atoms with Crippen LogP contribution >= 0.6 is 0 Å². The molecule has 0 atom stereocenters. The molecule has 0 fully saturated rings. The molecule has 8 nitrogen and oxygen atoms in total. The second kappa shape index (κ2) is 7.18. The summed E-state index contributed by atoms with van der Waals surface area (Å²) < 4.78 is 16.4. The molecule has 0 saturated carbocycles. The Morgan fingerprint density at radius 1 is 1.23 bits per heavy atom. The summed E-state index contributed by atoms with van der Waals surface area (Å²) in [7, 11) is 0. The Kier molecular flexibility index (Phi) is 4.78. The zero-order valence-corrected chi connectivity index (χ0v) is 13.9. The first-order valence-electron chi connectivity index (χ1n) is 7.77. The summed E-state index contributed by atoms with van der Waals surface area (Å²) in [6, 6.07) is 9.46. The van der Waals surface area contributed by atoms with Crippen molar-refractivity contribution < 1.29 is 19.1 Å². The summed E-state index contributed by atoms with van der Waals surface area (Å²) >= 11 is 0. The molecule has 3 rings (SSSR count). The molecule has 1 aromatic carbocycles. The average molecular weight is 357 g/mol. The maximum atomic E-state index is 13.8. The predicted molar refractivity (Wildman–Crippen MR) is 90.3 cm³/mol. The number of nitrogens with one attached hydrogen (secondary N) is 1. The van der Waals surface area contributed by atoms with E-state index >= 15 is 0 Å². The second-order valence-corrected chi connectivity index (χ2v) is 5.64. The van der Waals surface area contributed by atoms with Crippen molar-refractivity contribution in [3.8, 4) is 0 Å². The fourth-order valence-corrected chi connectivity index (χ4v) is 2.48. The molecule has 0 radical (unpaired) electrons. The zero-order chi connectivity index (χ0) is 18.7. The van der Waals surface area contributed by atoms with E-state index in [9.17, 15) is 14.0 Å². The molecule has 2 heterocycles. The van der Waals surface area contributed by atoms with E-state index in [0.717, 1.165) is 10.4 Å². The van der Waals surface area contributed by atoms with Crippen molar-refractivity contribution >= 4 is 17.7 Å². The van der Waals surface area contributed by atoms with Crippen LogP contribution in [0.5, 0.6) is 0 Å². The third kappa shape index (κ3) is 3.77. The van der Waals surface area contributed by atoms with E-state index in [1.54, 1.807) is 35.9 Å². The number of carboxylic acid groups (broad SMARTS) is 1. The van der Waals surface area contributed by atoms with E-state index in [2.05, 4.69) is 15.5 Å². The number of rotatable bonds is 6. The van der Waals surface area contributed by atoms with Crippen molar-refractivity contribution in [1.82, 2.24) is 19.6 Å². The summed E-state index contributed by atoms with van der Waals surface area (Å²) in [5.41, 5.74) is 1.33. The molecule has 0 saturated heterocycles. The molecule has 26 heavy (non-hydrogen) atoms. The van der Waals surface area contributed by atoms with Crippen LogP contribution in [0.3, 0.4) is 0 Å². The van der Waals surface area contributed by atoms with Gasteiger partial charge in [0.1, 0.15) is 18.1 Å². The zero-order valence-electron chi connectivity index (χ0n) is 13.9. The normalized spacial score (nSPS) is 10.7. The molecular formula is C17H16FN5O3. The average Bonchev–Trinajstić information content (AvgIpc) is 3.16. The quantitative estimate of drug-likeness (QED) is 0.702. The minimum Gasteiger partial charge on any atom is -0.480 e. The SMILES string of the molecule is Cc1cc(NC(=O)c2ccnn2CC(=O)O)nn1Cc1ccccc1F. The van der Waals surface area contributed by atoms with Crippen LogP contribution in [0.15, 0.2) is 42.6 Å². The minimum absolute atomic E-state index is 0.105. The molecule has 2 aromatic heterocycles. The van der Waals surface area contributed by atoms with E-state index in [1.807, 2.05) is 0 Å². The molecular weight excluding hydrogens is 341 g/mol. The van der Waals surface area contributed by atoms with E-state index < -0.39 is 18.4 Å². The highest BCUT2D eigenvalue weighted by atomic mass is 19.1. The van der Waals surface area contributed by atoms with Crippen molar-refractivity contribution in [3.63, 3.8) is 0 Å². The number of anilines is 1. The van der Waals surface area contributed by atoms with Crippen LogP contribution in [0.2, 0.25) is 0 Å². The van der Waals surface area contributed by atoms with Crippen LogP contribution in [0.25, 0.3) is 0 Å². The molecule has 0 aliphatic heterocycles. The Balaban J connectivity index is 1.75. The number of carbonyl (C=O) groups is 2. The number of hydrogen-bond donors (Lipinski definition) is 2. The molecule has 0 bridgehead atoms. The molecule has 1 amide bonds. The highest BCUT2D eigenvalue weighted by Gasteiger charge is 2.16. The van der Waals surface area contributed by atoms with Crippen molar-refractivity contribution in [2.75, 3.05) is 5.32 Å². The van der Waals surface area contributed by atoms with Crippen LogP contribution in [0, 0.1) is 12.7 Å². The number of carbonyl (C=O) groups excluding carboxylic acids is 1. The van der Waals surface area contributed by atoms with Crippen LogP contribution in [0.4, 0.5) is 10.2 Å². The number of benzene rings is 1. The van der Waals surface area contributed by atoms with Gasteiger partial charge in [0.25, 0.3) is 5.91 Å². The Hall–Kier alpha value is -3.49. The highest BCUT2D eigenvalue weighted by molar-refractivity contribution is 6.02. The Bertz CT molecular complexity index is 963. The molecule has 3 aromatic rings. The highest BCUT2D eigenvalue weighted by Crippen LogP contribution is 2.14. The number of aromatic nitrogens is 4. The van der Waals surface area contributed by atoms with Crippen molar-refractivity contribution in [2.24, 2.45) is 0 Å². The second-order valence-electron chi connectivity index (χ2n) is 5.64. The Morgan fingerprint density at radius 3 is 2.73 bits per heavy atom. The predicted octanol–water partition coefficient (Wildman–Crippen LogP) is 1.91. The maximum Gasteiger partial charge on any atom is 0.325 e. The summed E-state index contributed by atoms with van der Waals surface area (Å²) in [6.07, 6.45) is 1.35. The van der Waals surface area contributed by atoms with Crippen LogP contribution in [-0.4, -0.2) is 36.5 Å². The molecule has 9 heteroatoms. The summed E-state index contributed by atoms with van der Waals surface area (Å²) in [5.74, 6) is -1.68. The first-order chi connectivity index (χ1) is 12.4. The molecule has 2 N–H and O–H groups in total. The summed E-state index contributed by atoms with van der Waals surface area (Å²) in [5, 5.41) is 19.5. The van der Waals surface area contributed by atoms with Gasteiger partial charge in [0, 0.05) is 23.5 Å². The standard InChI is InChI=1S/C17H16FN5O3/c1-11-8-15(21-22(11)9-12-4-2-3-5-13(12)18)20-17(26)14-6-7-19-23(14)10-16(24)25/h2-8H,9-10H2,1H3,(H,24,25)(H,20,21,26). The lowest BCUT2D eigenvalue weighted by Gasteiger charge is -2.06. The monoisotopic (exact) mass is 357 g/mol. The Morgan fingerprint density at radius 2 is 2.00 bits per heavy atom. The smallest absolute Gasteiger partial charge is 0.325 e. The fraction of sp³-hybridized carbons (Fsp3) is 0.176. The van der Waals surface area contributed by atoms with Crippen molar-refractivity contribution in [2.45, 2.75) is 20.0 Å². The topological polar surface area (TPSA) is 102 Å². The Labute approximate surface area is 147 Å². The van der Waals surface area contributed by atoms with E-state index in [0.29, 0.717) is 5.56 Å². The maximum absolute atomic E-state index is 13.8. The van der Waals surface area contributed by atoms with E-state index in [-0.39, 0.29) is 23.9 Å². The van der Waals surface area contributed by atoms with Gasteiger partial charge in [-0.3, -0.25) is 14.3 Å². The molecule has 0 aliphatic carbocycles. The number of amides is 1. The number of hydrogen-bond acceptors (Lipinski definition) is 4. The summed E-state index contributed by atoms with van der Waals surface area (Å²) in [6.45, 7) is 1.60. The third-order valence-corrected chi connectivity index (χ3v) is 3.73. The number of halogens is 1. The van der Waals surface area contributed by atoms with Gasteiger partial charge in [0.15, 0.2) is 5.82 Å². The number of nitrogens with zero attached hydrogens (tertiary/aromatic N) is 4. The number of aryl methyl sites for hydroxylation is 1.